The van der Waals surface area contributed by atoms with Gasteiger partial charge in [-0.05, 0) is 81.7 Å². The lowest BCUT2D eigenvalue weighted by Crippen LogP contribution is -2.72. The highest BCUT2D eigenvalue weighted by atomic mass is 28.3. The Morgan fingerprint density at radius 2 is 0.714 bits per heavy atom. The van der Waals surface area contributed by atoms with Gasteiger partial charge in [0.15, 0.2) is 25.5 Å². The highest BCUT2D eigenvalue weighted by molar-refractivity contribution is 7.22. The predicted octanol–water partition coefficient (Wildman–Crippen LogP) is 11.9. The maximum absolute atomic E-state index is 5.32. The number of fused-ring (bicyclic) bond motifs is 6. The van der Waals surface area contributed by atoms with E-state index in [0.29, 0.717) is 17.5 Å². The second-order valence-electron chi connectivity index (χ2n) is 16.3. The topological polar surface area (TPSA) is 38.7 Å². The summed E-state index contributed by atoms with van der Waals surface area (Å²) < 4.78 is 0. The number of nitrogens with zero attached hydrogens (tertiary/aromatic N) is 3. The minimum absolute atomic E-state index is 0.636. The van der Waals surface area contributed by atoms with Crippen molar-refractivity contribution in [2.24, 2.45) is 0 Å². The first-order valence-electron chi connectivity index (χ1n) is 21.5. The average molecular weight is 818 g/mol. The summed E-state index contributed by atoms with van der Waals surface area (Å²) >= 11 is 0. The molecule has 0 radical (unpaired) electrons. The Balaban J connectivity index is 1.05. The van der Waals surface area contributed by atoms with Crippen LogP contribution in [0.3, 0.4) is 0 Å². The first kappa shape index (κ1) is 36.8. The highest BCUT2D eigenvalue weighted by Gasteiger charge is 2.49. The summed E-state index contributed by atoms with van der Waals surface area (Å²) in [6.07, 6.45) is 0. The van der Waals surface area contributed by atoms with E-state index in [1.807, 2.05) is 6.07 Å². The van der Waals surface area contributed by atoms with Gasteiger partial charge < -0.3 is 0 Å². The van der Waals surface area contributed by atoms with E-state index >= 15 is 0 Å². The summed E-state index contributed by atoms with van der Waals surface area (Å²) in [6.45, 7) is 0. The van der Waals surface area contributed by atoms with E-state index in [1.165, 1.54) is 64.5 Å². The van der Waals surface area contributed by atoms with Gasteiger partial charge in [0.1, 0.15) is 0 Å². The Morgan fingerprint density at radius 3 is 1.35 bits per heavy atom. The predicted molar refractivity (Wildman–Crippen MR) is 265 cm³/mol. The molecule has 0 fully saturated rings. The van der Waals surface area contributed by atoms with Crippen LogP contribution in [0, 0.1) is 0 Å². The molecule has 1 aliphatic rings. The third kappa shape index (κ3) is 6.22. The van der Waals surface area contributed by atoms with Gasteiger partial charge in [-0.25, -0.2) is 15.0 Å². The minimum atomic E-state index is -2.83. The maximum atomic E-state index is 5.32. The van der Waals surface area contributed by atoms with Gasteiger partial charge in [-0.3, -0.25) is 0 Å². The lowest BCUT2D eigenvalue weighted by atomic mass is 9.97. The van der Waals surface area contributed by atoms with Gasteiger partial charge >= 0.3 is 0 Å². The summed E-state index contributed by atoms with van der Waals surface area (Å²) in [7, 11) is -2.83. The lowest BCUT2D eigenvalue weighted by Gasteiger charge is -2.31. The largest absolute Gasteiger partial charge is 0.208 e. The Bertz CT molecular complexity index is 3440. The van der Waals surface area contributed by atoms with Crippen molar-refractivity contribution in [3.05, 3.63) is 237 Å². The Labute approximate surface area is 367 Å². The molecule has 12 rings (SSSR count). The van der Waals surface area contributed by atoms with Crippen molar-refractivity contribution in [3.63, 3.8) is 0 Å². The second kappa shape index (κ2) is 15.1. The van der Waals surface area contributed by atoms with Crippen molar-refractivity contribution in [3.8, 4) is 67.5 Å². The van der Waals surface area contributed by atoms with Crippen LogP contribution in [0.5, 0.6) is 0 Å². The van der Waals surface area contributed by atoms with Gasteiger partial charge in [-0.2, -0.15) is 0 Å². The third-order valence-electron chi connectivity index (χ3n) is 12.8. The molecule has 0 saturated carbocycles. The molecule has 11 aromatic rings. The van der Waals surface area contributed by atoms with E-state index < -0.39 is 8.07 Å². The number of aromatic nitrogens is 3. The summed E-state index contributed by atoms with van der Waals surface area (Å²) in [6, 6.07) is 85.6. The van der Waals surface area contributed by atoms with Gasteiger partial charge in [-0.15, -0.1) is 0 Å². The average Bonchev–Trinajstić information content (AvgIpc) is 3.68. The van der Waals surface area contributed by atoms with E-state index in [1.54, 1.807) is 0 Å². The first-order chi connectivity index (χ1) is 31.2. The molecule has 4 heteroatoms. The van der Waals surface area contributed by atoms with E-state index in [-0.39, 0.29) is 0 Å². The van der Waals surface area contributed by atoms with Gasteiger partial charge in [0.25, 0.3) is 0 Å². The van der Waals surface area contributed by atoms with Crippen LogP contribution in [0.15, 0.2) is 237 Å². The number of benzene rings is 10. The van der Waals surface area contributed by atoms with Crippen molar-refractivity contribution in [1.82, 2.24) is 15.0 Å². The van der Waals surface area contributed by atoms with E-state index in [0.717, 1.165) is 27.8 Å². The summed E-state index contributed by atoms with van der Waals surface area (Å²) in [5.41, 5.74) is 10.1. The fourth-order valence-corrected chi connectivity index (χ4v) is 15.0. The summed E-state index contributed by atoms with van der Waals surface area (Å²) in [4.78, 5) is 15.8. The molecule has 0 unspecified atom stereocenters. The lowest BCUT2D eigenvalue weighted by molar-refractivity contribution is 1.07. The molecule has 0 amide bonds. The SMILES string of the molecule is c1ccc(-c2ccc(-c3nc(-c4ccc(-c5ccc6ccccc6c5)cc4)nc(-c4ccc5c(c4)[Si](c4ccccc4)(c4ccccc4)c4ccc6ccccc6c4-5)n3)cc2)cc1. The van der Waals surface area contributed by atoms with Crippen molar-refractivity contribution in [1.29, 1.82) is 0 Å². The van der Waals surface area contributed by atoms with E-state index in [4.69, 9.17) is 15.0 Å². The molecule has 1 aromatic heterocycles. The zero-order chi connectivity index (χ0) is 41.7. The van der Waals surface area contributed by atoms with Gasteiger partial charge in [0.05, 0.1) is 0 Å². The fraction of sp³-hybridized carbons (Fsp3) is 0. The Kier molecular flexibility index (Phi) is 8.84. The summed E-state index contributed by atoms with van der Waals surface area (Å²) in [5.74, 6) is 1.92. The van der Waals surface area contributed by atoms with Crippen LogP contribution < -0.4 is 20.7 Å². The van der Waals surface area contributed by atoms with Crippen LogP contribution >= 0.6 is 0 Å². The highest BCUT2D eigenvalue weighted by Crippen LogP contribution is 2.37. The van der Waals surface area contributed by atoms with E-state index in [9.17, 15) is 0 Å². The van der Waals surface area contributed by atoms with Crippen molar-refractivity contribution in [2.45, 2.75) is 0 Å². The molecule has 3 nitrogen and oxygen atoms in total. The van der Waals surface area contributed by atoms with Gasteiger partial charge in [-0.1, -0.05) is 231 Å². The molecule has 294 valence electrons. The Morgan fingerprint density at radius 1 is 0.270 bits per heavy atom. The normalized spacial score (nSPS) is 12.6. The molecule has 0 atom stereocenters. The molecule has 0 N–H and O–H groups in total. The van der Waals surface area contributed by atoms with Gasteiger partial charge in [0.2, 0.25) is 0 Å². The fourth-order valence-electron chi connectivity index (χ4n) is 9.78. The standard InChI is InChI=1S/C59H39N3Si/c1-4-14-40(15-5-1)42-24-29-45(30-25-42)57-60-58(46-31-26-43(27-32-46)48-33-28-41-16-10-11-18-47(41)38-48)62-59(61-57)49-34-36-53-55(39-49)63(50-19-6-2-7-20-50,51-21-8-3-9-22-51)54-37-35-44-17-12-13-23-52(44)56(53)54/h1-39H. The quantitative estimate of drug-likeness (QED) is 0.150. The van der Waals surface area contributed by atoms with Crippen molar-refractivity contribution >= 4 is 50.4 Å². The minimum Gasteiger partial charge on any atom is -0.208 e. The summed E-state index contributed by atoms with van der Waals surface area (Å²) in [5, 5.41) is 10.4. The molecule has 2 heterocycles. The van der Waals surface area contributed by atoms with Crippen LogP contribution in [-0.4, -0.2) is 23.0 Å². The van der Waals surface area contributed by atoms with Crippen molar-refractivity contribution in [2.75, 3.05) is 0 Å². The molecule has 63 heavy (non-hydrogen) atoms. The van der Waals surface area contributed by atoms with Crippen LogP contribution in [0.2, 0.25) is 0 Å². The molecular weight excluding hydrogens is 779 g/mol. The van der Waals surface area contributed by atoms with Crippen LogP contribution in [-0.2, 0) is 0 Å². The molecule has 1 aliphatic heterocycles. The zero-order valence-electron chi connectivity index (χ0n) is 34.4. The number of rotatable bonds is 7. The number of hydrogen-bond donors (Lipinski definition) is 0. The van der Waals surface area contributed by atoms with E-state index in [2.05, 4.69) is 231 Å². The van der Waals surface area contributed by atoms with Crippen LogP contribution in [0.4, 0.5) is 0 Å². The molecule has 10 aromatic carbocycles. The first-order valence-corrected chi connectivity index (χ1v) is 23.5. The Hall–Kier alpha value is -8.05. The second-order valence-corrected chi connectivity index (χ2v) is 20.1. The van der Waals surface area contributed by atoms with Crippen LogP contribution in [0.25, 0.3) is 89.1 Å². The van der Waals surface area contributed by atoms with Crippen molar-refractivity contribution < 1.29 is 0 Å². The molecule has 0 aliphatic carbocycles. The number of hydrogen-bond acceptors (Lipinski definition) is 3. The molecular formula is C59H39N3Si. The molecule has 0 saturated heterocycles. The monoisotopic (exact) mass is 817 g/mol. The third-order valence-corrected chi connectivity index (χ3v) is 17.7. The van der Waals surface area contributed by atoms with Gasteiger partial charge in [0, 0.05) is 16.7 Å². The maximum Gasteiger partial charge on any atom is 0.180 e. The zero-order valence-corrected chi connectivity index (χ0v) is 35.4. The molecule has 0 bridgehead atoms. The smallest absolute Gasteiger partial charge is 0.180 e. The van der Waals surface area contributed by atoms with Crippen LogP contribution in [0.1, 0.15) is 0 Å². The molecule has 0 spiro atoms.